The fourth-order valence-electron chi connectivity index (χ4n) is 2.73. The topological polar surface area (TPSA) is 0 Å². The molecule has 0 atom stereocenters. The zero-order chi connectivity index (χ0) is 14.7. The van der Waals surface area contributed by atoms with Crippen molar-refractivity contribution in [1.82, 2.24) is 0 Å². The lowest BCUT2D eigenvalue weighted by molar-refractivity contribution is 1.22. The van der Waals surface area contributed by atoms with Crippen LogP contribution >= 0.6 is 15.9 Å². The highest BCUT2D eigenvalue weighted by Gasteiger charge is 2.10. The van der Waals surface area contributed by atoms with Crippen LogP contribution in [0.15, 0.2) is 46.9 Å². The van der Waals surface area contributed by atoms with E-state index in [4.69, 9.17) is 0 Å². The third kappa shape index (κ3) is 3.04. The highest BCUT2D eigenvalue weighted by atomic mass is 79.9. The molecule has 0 spiro atoms. The van der Waals surface area contributed by atoms with E-state index in [9.17, 15) is 0 Å². The van der Waals surface area contributed by atoms with E-state index in [2.05, 4.69) is 86.1 Å². The predicted octanol–water partition coefficient (Wildman–Crippen LogP) is 6.41. The maximum absolute atomic E-state index is 3.58. The summed E-state index contributed by atoms with van der Waals surface area (Å²) in [5, 5.41) is 0. The van der Waals surface area contributed by atoms with E-state index in [1.165, 1.54) is 33.4 Å². The number of aryl methyl sites for hydroxylation is 2. The van der Waals surface area contributed by atoms with E-state index in [-0.39, 0.29) is 0 Å². The van der Waals surface area contributed by atoms with Crippen LogP contribution in [-0.2, 0) is 0 Å². The van der Waals surface area contributed by atoms with Crippen molar-refractivity contribution in [2.24, 2.45) is 0 Å². The molecule has 0 saturated heterocycles. The Labute approximate surface area is 130 Å². The van der Waals surface area contributed by atoms with Gasteiger partial charge in [-0.25, -0.2) is 0 Å². The minimum absolute atomic E-state index is 1.04. The highest BCUT2D eigenvalue weighted by molar-refractivity contribution is 9.10. The molecule has 0 unspecified atom stereocenters. The molecule has 0 aliphatic carbocycles. The van der Waals surface area contributed by atoms with Crippen LogP contribution in [0.4, 0.5) is 0 Å². The van der Waals surface area contributed by atoms with Crippen LogP contribution in [0.25, 0.3) is 11.1 Å². The average molecular weight is 329 g/mol. The largest absolute Gasteiger partial charge is 0.0620 e. The molecule has 2 aromatic carbocycles. The van der Waals surface area contributed by atoms with Crippen LogP contribution in [0.5, 0.6) is 0 Å². The van der Waals surface area contributed by atoms with Gasteiger partial charge in [0.25, 0.3) is 0 Å². The Morgan fingerprint density at radius 3 is 2.25 bits per heavy atom. The SMILES string of the molecule is CC/C(=C(/C)c1cc(Br)ccc1C)c1ccccc1C. The maximum atomic E-state index is 3.58. The van der Waals surface area contributed by atoms with Gasteiger partial charge in [-0.05, 0) is 72.7 Å². The van der Waals surface area contributed by atoms with Gasteiger partial charge >= 0.3 is 0 Å². The van der Waals surface area contributed by atoms with Crippen molar-refractivity contribution >= 4 is 27.1 Å². The van der Waals surface area contributed by atoms with Crippen molar-refractivity contribution in [2.45, 2.75) is 34.1 Å². The summed E-state index contributed by atoms with van der Waals surface area (Å²) in [4.78, 5) is 0. The monoisotopic (exact) mass is 328 g/mol. The van der Waals surface area contributed by atoms with Gasteiger partial charge in [-0.1, -0.05) is 53.2 Å². The van der Waals surface area contributed by atoms with E-state index < -0.39 is 0 Å². The van der Waals surface area contributed by atoms with Crippen molar-refractivity contribution in [3.63, 3.8) is 0 Å². The van der Waals surface area contributed by atoms with E-state index in [1.807, 2.05) is 0 Å². The summed E-state index contributed by atoms with van der Waals surface area (Å²) in [6, 6.07) is 15.1. The van der Waals surface area contributed by atoms with Crippen molar-refractivity contribution in [3.05, 3.63) is 69.2 Å². The fourth-order valence-corrected chi connectivity index (χ4v) is 3.09. The van der Waals surface area contributed by atoms with Crippen LogP contribution < -0.4 is 0 Å². The molecule has 0 nitrogen and oxygen atoms in total. The second-order valence-electron chi connectivity index (χ2n) is 5.23. The summed E-state index contributed by atoms with van der Waals surface area (Å²) in [7, 11) is 0. The molecular formula is C19H21Br. The Hall–Kier alpha value is -1.34. The first-order valence-electron chi connectivity index (χ1n) is 7.07. The second-order valence-corrected chi connectivity index (χ2v) is 6.15. The van der Waals surface area contributed by atoms with Crippen LogP contribution in [0.1, 0.15) is 42.5 Å². The molecule has 0 aromatic heterocycles. The molecule has 0 N–H and O–H groups in total. The first-order valence-corrected chi connectivity index (χ1v) is 7.86. The molecule has 2 aromatic rings. The minimum atomic E-state index is 1.04. The van der Waals surface area contributed by atoms with Gasteiger partial charge in [0, 0.05) is 4.47 Å². The summed E-state index contributed by atoms with van der Waals surface area (Å²) in [6.45, 7) is 8.83. The van der Waals surface area contributed by atoms with Crippen LogP contribution in [0.2, 0.25) is 0 Å². The number of benzene rings is 2. The lowest BCUT2D eigenvalue weighted by atomic mass is 9.90. The second kappa shape index (κ2) is 6.41. The molecule has 0 heterocycles. The number of allylic oxidation sites excluding steroid dienone is 2. The van der Waals surface area contributed by atoms with Crippen molar-refractivity contribution < 1.29 is 0 Å². The third-order valence-corrected chi connectivity index (χ3v) is 4.37. The van der Waals surface area contributed by atoms with E-state index in [1.54, 1.807) is 0 Å². The molecule has 0 aliphatic heterocycles. The van der Waals surface area contributed by atoms with Gasteiger partial charge in [-0.15, -0.1) is 0 Å². The highest BCUT2D eigenvalue weighted by Crippen LogP contribution is 2.32. The fraction of sp³-hybridized carbons (Fsp3) is 0.263. The molecule has 20 heavy (non-hydrogen) atoms. The maximum Gasteiger partial charge on any atom is 0.0181 e. The third-order valence-electron chi connectivity index (χ3n) is 3.88. The Morgan fingerprint density at radius 2 is 1.60 bits per heavy atom. The van der Waals surface area contributed by atoms with Crippen molar-refractivity contribution in [2.75, 3.05) is 0 Å². The van der Waals surface area contributed by atoms with Crippen LogP contribution in [-0.4, -0.2) is 0 Å². The number of hydrogen-bond donors (Lipinski definition) is 0. The molecule has 0 radical (unpaired) electrons. The zero-order valence-electron chi connectivity index (χ0n) is 12.6. The molecule has 104 valence electrons. The normalized spacial score (nSPS) is 12.2. The minimum Gasteiger partial charge on any atom is -0.0620 e. The van der Waals surface area contributed by atoms with Gasteiger partial charge in [0.05, 0.1) is 0 Å². The Morgan fingerprint density at radius 1 is 0.950 bits per heavy atom. The van der Waals surface area contributed by atoms with Gasteiger partial charge in [-0.3, -0.25) is 0 Å². The first-order chi connectivity index (χ1) is 9.54. The zero-order valence-corrected chi connectivity index (χ0v) is 14.2. The molecule has 2 rings (SSSR count). The van der Waals surface area contributed by atoms with Gasteiger partial charge in [0.2, 0.25) is 0 Å². The van der Waals surface area contributed by atoms with Gasteiger partial charge in [0.1, 0.15) is 0 Å². The van der Waals surface area contributed by atoms with Gasteiger partial charge in [0.15, 0.2) is 0 Å². The predicted molar refractivity (Wildman–Crippen MR) is 92.8 cm³/mol. The lowest BCUT2D eigenvalue weighted by Crippen LogP contribution is -1.94. The smallest absolute Gasteiger partial charge is 0.0181 e. The molecular weight excluding hydrogens is 308 g/mol. The first kappa shape index (κ1) is 15.1. The van der Waals surface area contributed by atoms with Crippen LogP contribution in [0, 0.1) is 13.8 Å². The van der Waals surface area contributed by atoms with Crippen LogP contribution in [0.3, 0.4) is 0 Å². The molecule has 1 heteroatoms. The average Bonchev–Trinajstić information content (AvgIpc) is 2.44. The van der Waals surface area contributed by atoms with Crippen molar-refractivity contribution in [3.8, 4) is 0 Å². The standard InChI is InChI=1S/C19H21Br/c1-5-17(18-9-7-6-8-13(18)2)15(4)19-12-16(20)11-10-14(19)3/h6-12H,5H2,1-4H3/b17-15+. The summed E-state index contributed by atoms with van der Waals surface area (Å²) in [5.41, 5.74) is 8.18. The van der Waals surface area contributed by atoms with Gasteiger partial charge in [-0.2, -0.15) is 0 Å². The quantitative estimate of drug-likeness (QED) is 0.571. The summed E-state index contributed by atoms with van der Waals surface area (Å²) >= 11 is 3.58. The van der Waals surface area contributed by atoms with Gasteiger partial charge < -0.3 is 0 Å². The molecule has 0 aliphatic rings. The Bertz CT molecular complexity index is 651. The number of hydrogen-bond acceptors (Lipinski definition) is 0. The van der Waals surface area contributed by atoms with E-state index in [0.29, 0.717) is 0 Å². The number of rotatable bonds is 3. The summed E-state index contributed by atoms with van der Waals surface area (Å²) < 4.78 is 1.14. The Balaban J connectivity index is 2.64. The Kier molecular flexibility index (Phi) is 4.82. The molecule has 0 amide bonds. The molecule has 0 saturated carbocycles. The molecule has 0 fully saturated rings. The van der Waals surface area contributed by atoms with E-state index in [0.717, 1.165) is 10.9 Å². The molecule has 0 bridgehead atoms. The van der Waals surface area contributed by atoms with E-state index >= 15 is 0 Å². The lowest BCUT2D eigenvalue weighted by Gasteiger charge is -2.16. The summed E-state index contributed by atoms with van der Waals surface area (Å²) in [5.74, 6) is 0. The van der Waals surface area contributed by atoms with Crippen molar-refractivity contribution in [1.29, 1.82) is 0 Å². The summed E-state index contributed by atoms with van der Waals surface area (Å²) in [6.07, 6.45) is 1.04. The number of halogens is 1.